The zero-order valence-electron chi connectivity index (χ0n) is 5.94. The van der Waals surface area contributed by atoms with Gasteiger partial charge in [-0.3, -0.25) is 4.68 Å². The third kappa shape index (κ3) is 1.54. The van der Waals surface area contributed by atoms with Crippen LogP contribution in [0.4, 0.5) is 0 Å². The van der Waals surface area contributed by atoms with Gasteiger partial charge in [-0.2, -0.15) is 5.10 Å². The minimum Gasteiger partial charge on any atom is -0.396 e. The molecule has 1 aromatic rings. The fraction of sp³-hybridized carbons (Fsp3) is 0.667. The van der Waals surface area contributed by atoms with Crippen molar-refractivity contribution in [1.29, 1.82) is 0 Å². The zero-order chi connectivity index (χ0) is 7.40. The minimum atomic E-state index is 0.195. The first-order valence-corrected chi connectivity index (χ1v) is 3.29. The summed E-state index contributed by atoms with van der Waals surface area (Å²) < 4.78 is 1.73. The minimum absolute atomic E-state index is 0.195. The summed E-state index contributed by atoms with van der Waals surface area (Å²) in [6.07, 6.45) is 3.87. The predicted octanol–water partition coefficient (Wildman–Crippen LogP) is 0.222. The van der Waals surface area contributed by atoms with Gasteiger partial charge in [0, 0.05) is 6.61 Å². The number of aliphatic hydroxyl groups is 1. The van der Waals surface area contributed by atoms with Crippen LogP contribution < -0.4 is 0 Å². The molecular weight excluding hydrogens is 130 g/mol. The van der Waals surface area contributed by atoms with Crippen LogP contribution in [0.2, 0.25) is 0 Å². The quantitative estimate of drug-likeness (QED) is 0.655. The van der Waals surface area contributed by atoms with Gasteiger partial charge in [0.2, 0.25) is 0 Å². The van der Waals surface area contributed by atoms with E-state index in [0.29, 0.717) is 0 Å². The van der Waals surface area contributed by atoms with Crippen molar-refractivity contribution in [3.8, 4) is 0 Å². The Morgan fingerprint density at radius 3 is 3.00 bits per heavy atom. The molecular formula is C6H11N3O. The SMILES string of the molecule is CC(CCO)n1cncn1. The molecule has 0 amide bonds. The largest absolute Gasteiger partial charge is 0.396 e. The second-order valence-electron chi connectivity index (χ2n) is 2.24. The molecule has 0 fully saturated rings. The van der Waals surface area contributed by atoms with Gasteiger partial charge in [-0.05, 0) is 13.3 Å². The number of nitrogens with zero attached hydrogens (tertiary/aromatic N) is 3. The van der Waals surface area contributed by atoms with E-state index in [1.807, 2.05) is 6.92 Å². The Hall–Kier alpha value is -0.900. The Morgan fingerprint density at radius 1 is 1.70 bits per heavy atom. The molecule has 0 saturated heterocycles. The lowest BCUT2D eigenvalue weighted by Crippen LogP contribution is -2.06. The van der Waals surface area contributed by atoms with Gasteiger partial charge in [0.15, 0.2) is 0 Å². The van der Waals surface area contributed by atoms with Crippen LogP contribution in [0.1, 0.15) is 19.4 Å². The molecule has 0 aliphatic heterocycles. The Kier molecular flexibility index (Phi) is 2.39. The first kappa shape index (κ1) is 7.21. The summed E-state index contributed by atoms with van der Waals surface area (Å²) in [6, 6.07) is 0.243. The molecule has 1 unspecified atom stereocenters. The molecule has 0 saturated carbocycles. The molecule has 0 spiro atoms. The lowest BCUT2D eigenvalue weighted by Gasteiger charge is -2.07. The average molecular weight is 141 g/mol. The van der Waals surface area contributed by atoms with Gasteiger partial charge >= 0.3 is 0 Å². The smallest absolute Gasteiger partial charge is 0.137 e. The summed E-state index contributed by atoms with van der Waals surface area (Å²) in [5.74, 6) is 0. The van der Waals surface area contributed by atoms with E-state index in [0.717, 1.165) is 6.42 Å². The van der Waals surface area contributed by atoms with Gasteiger partial charge in [0.25, 0.3) is 0 Å². The maximum absolute atomic E-state index is 8.57. The van der Waals surface area contributed by atoms with Crippen molar-refractivity contribution in [3.63, 3.8) is 0 Å². The monoisotopic (exact) mass is 141 g/mol. The van der Waals surface area contributed by atoms with Gasteiger partial charge in [-0.15, -0.1) is 0 Å². The van der Waals surface area contributed by atoms with Crippen LogP contribution in [0, 0.1) is 0 Å². The van der Waals surface area contributed by atoms with Crippen LogP contribution in [0.15, 0.2) is 12.7 Å². The maximum atomic E-state index is 8.57. The molecule has 1 N–H and O–H groups in total. The van der Waals surface area contributed by atoms with Crippen molar-refractivity contribution in [1.82, 2.24) is 14.8 Å². The normalized spacial score (nSPS) is 13.4. The van der Waals surface area contributed by atoms with Crippen LogP contribution >= 0.6 is 0 Å². The number of aliphatic hydroxyl groups excluding tert-OH is 1. The molecule has 10 heavy (non-hydrogen) atoms. The van der Waals surface area contributed by atoms with E-state index >= 15 is 0 Å². The van der Waals surface area contributed by atoms with Crippen molar-refractivity contribution in [2.45, 2.75) is 19.4 Å². The summed E-state index contributed by atoms with van der Waals surface area (Å²) in [6.45, 7) is 2.19. The second-order valence-corrected chi connectivity index (χ2v) is 2.24. The third-order valence-electron chi connectivity index (χ3n) is 1.44. The Bertz CT molecular complexity index is 173. The lowest BCUT2D eigenvalue weighted by molar-refractivity contribution is 0.257. The molecule has 1 rings (SSSR count). The summed E-state index contributed by atoms with van der Waals surface area (Å²) in [5, 5.41) is 12.5. The Morgan fingerprint density at radius 2 is 2.50 bits per heavy atom. The molecule has 1 heterocycles. The molecule has 1 aromatic heterocycles. The van der Waals surface area contributed by atoms with E-state index < -0.39 is 0 Å². The van der Waals surface area contributed by atoms with Crippen LogP contribution in [0.25, 0.3) is 0 Å². The van der Waals surface area contributed by atoms with Gasteiger partial charge in [0.1, 0.15) is 12.7 Å². The lowest BCUT2D eigenvalue weighted by atomic mass is 10.2. The average Bonchev–Trinajstić information content (AvgIpc) is 2.38. The topological polar surface area (TPSA) is 50.9 Å². The highest BCUT2D eigenvalue weighted by Crippen LogP contribution is 2.05. The molecule has 0 bridgehead atoms. The van der Waals surface area contributed by atoms with Crippen LogP contribution in [0.3, 0.4) is 0 Å². The van der Waals surface area contributed by atoms with E-state index in [9.17, 15) is 0 Å². The van der Waals surface area contributed by atoms with E-state index in [1.165, 1.54) is 6.33 Å². The number of hydrogen-bond acceptors (Lipinski definition) is 3. The zero-order valence-corrected chi connectivity index (χ0v) is 5.94. The summed E-state index contributed by atoms with van der Waals surface area (Å²) in [4.78, 5) is 3.80. The fourth-order valence-corrected chi connectivity index (χ4v) is 0.764. The van der Waals surface area contributed by atoms with E-state index in [2.05, 4.69) is 10.1 Å². The Labute approximate surface area is 59.5 Å². The van der Waals surface area contributed by atoms with Gasteiger partial charge in [-0.25, -0.2) is 4.98 Å². The van der Waals surface area contributed by atoms with Crippen molar-refractivity contribution in [3.05, 3.63) is 12.7 Å². The predicted molar refractivity (Wildman–Crippen MR) is 36.4 cm³/mol. The van der Waals surface area contributed by atoms with Crippen molar-refractivity contribution in [2.24, 2.45) is 0 Å². The van der Waals surface area contributed by atoms with Crippen LogP contribution in [-0.4, -0.2) is 26.5 Å². The number of rotatable bonds is 3. The molecule has 56 valence electrons. The molecule has 0 aromatic carbocycles. The molecule has 4 nitrogen and oxygen atoms in total. The van der Waals surface area contributed by atoms with Crippen LogP contribution in [-0.2, 0) is 0 Å². The number of hydrogen-bond donors (Lipinski definition) is 1. The third-order valence-corrected chi connectivity index (χ3v) is 1.44. The van der Waals surface area contributed by atoms with E-state index in [4.69, 9.17) is 5.11 Å². The molecule has 0 radical (unpaired) electrons. The van der Waals surface area contributed by atoms with Crippen molar-refractivity contribution >= 4 is 0 Å². The first-order valence-electron chi connectivity index (χ1n) is 3.29. The first-order chi connectivity index (χ1) is 4.84. The fourth-order valence-electron chi connectivity index (χ4n) is 0.764. The maximum Gasteiger partial charge on any atom is 0.137 e. The summed E-state index contributed by atoms with van der Waals surface area (Å²) >= 11 is 0. The summed E-state index contributed by atoms with van der Waals surface area (Å²) in [5.41, 5.74) is 0. The molecule has 0 aliphatic carbocycles. The number of aromatic nitrogens is 3. The standard InChI is InChI=1S/C6H11N3O/c1-6(2-3-10)9-5-7-4-8-9/h4-6,10H,2-3H2,1H3. The van der Waals surface area contributed by atoms with Gasteiger partial charge in [-0.1, -0.05) is 0 Å². The molecule has 0 aliphatic rings. The van der Waals surface area contributed by atoms with Gasteiger partial charge < -0.3 is 5.11 Å². The highest BCUT2D eigenvalue weighted by molar-refractivity contribution is 4.63. The van der Waals surface area contributed by atoms with E-state index in [1.54, 1.807) is 11.0 Å². The van der Waals surface area contributed by atoms with E-state index in [-0.39, 0.29) is 12.6 Å². The highest BCUT2D eigenvalue weighted by Gasteiger charge is 2.01. The molecule has 1 atom stereocenters. The van der Waals surface area contributed by atoms with Crippen molar-refractivity contribution in [2.75, 3.05) is 6.61 Å². The second kappa shape index (κ2) is 3.31. The van der Waals surface area contributed by atoms with Crippen LogP contribution in [0.5, 0.6) is 0 Å². The van der Waals surface area contributed by atoms with Gasteiger partial charge in [0.05, 0.1) is 6.04 Å². The molecule has 4 heteroatoms. The van der Waals surface area contributed by atoms with Crippen molar-refractivity contribution < 1.29 is 5.11 Å². The summed E-state index contributed by atoms with van der Waals surface area (Å²) in [7, 11) is 0. The highest BCUT2D eigenvalue weighted by atomic mass is 16.3. The Balaban J connectivity index is 2.50.